The lowest BCUT2D eigenvalue weighted by atomic mass is 9.43. The summed E-state index contributed by atoms with van der Waals surface area (Å²) in [5.41, 5.74) is 1.41. The molecule has 1 heterocycles. The summed E-state index contributed by atoms with van der Waals surface area (Å²) < 4.78 is 13.3. The Morgan fingerprint density at radius 2 is 1.62 bits per heavy atom. The quantitative estimate of drug-likeness (QED) is 0.143. The highest BCUT2D eigenvalue weighted by Crippen LogP contribution is 2.65. The monoisotopic (exact) mass is 623 g/mol. The second-order valence-electron chi connectivity index (χ2n) is 15.1. The molecule has 6 atom stereocenters. The standard InChI is InChI=1S/C36H58BN3O5/c1-8-9-10-11-12-13-14-15-32(41)39-28(23-38-33(42)26-18-16-25(4)17-19-26)34(43)40-31(20-24(2)3)37-44-30-22-27-21-29(35(27,5)6)36(30,7)45-37/h16-19,24,27-31H,8-15,20-23H2,1-7H3,(H,38,42)(H,39,41)(H,40,43)/t27-,28-,29-,30+,31-,36-/m0/s1. The number of aryl methyl sites for hydroxylation is 1. The molecule has 3 amide bonds. The van der Waals surface area contributed by atoms with Crippen molar-refractivity contribution in [2.75, 3.05) is 6.54 Å². The van der Waals surface area contributed by atoms with Crippen molar-refractivity contribution in [3.63, 3.8) is 0 Å². The highest BCUT2D eigenvalue weighted by molar-refractivity contribution is 6.48. The summed E-state index contributed by atoms with van der Waals surface area (Å²) in [4.78, 5) is 39.8. The predicted octanol–water partition coefficient (Wildman–Crippen LogP) is 6.15. The normalized spacial score (nSPS) is 26.0. The summed E-state index contributed by atoms with van der Waals surface area (Å²) in [7, 11) is -0.562. The number of benzene rings is 1. The van der Waals surface area contributed by atoms with Gasteiger partial charge < -0.3 is 25.3 Å². The van der Waals surface area contributed by atoms with E-state index in [9.17, 15) is 14.4 Å². The van der Waals surface area contributed by atoms with E-state index in [0.29, 0.717) is 30.2 Å². The maximum Gasteiger partial charge on any atom is 0.481 e. The van der Waals surface area contributed by atoms with Crippen molar-refractivity contribution < 1.29 is 23.7 Å². The zero-order chi connectivity index (χ0) is 32.8. The van der Waals surface area contributed by atoms with E-state index < -0.39 is 13.2 Å². The molecule has 1 aromatic rings. The third-order valence-corrected chi connectivity index (χ3v) is 10.8. The summed E-state index contributed by atoms with van der Waals surface area (Å²) >= 11 is 0. The van der Waals surface area contributed by atoms with Crippen LogP contribution in [0.25, 0.3) is 0 Å². The molecule has 5 rings (SSSR count). The molecule has 1 saturated heterocycles. The second-order valence-corrected chi connectivity index (χ2v) is 15.1. The molecule has 0 unspecified atom stereocenters. The fourth-order valence-corrected chi connectivity index (χ4v) is 7.82. The van der Waals surface area contributed by atoms with Gasteiger partial charge in [-0.05, 0) is 74.8 Å². The maximum absolute atomic E-state index is 13.9. The number of carbonyl (C=O) groups excluding carboxylic acids is 3. The van der Waals surface area contributed by atoms with Crippen LogP contribution in [0.4, 0.5) is 0 Å². The molecule has 9 heteroatoms. The minimum atomic E-state index is -0.919. The van der Waals surface area contributed by atoms with Crippen molar-refractivity contribution in [2.45, 2.75) is 143 Å². The number of nitrogens with one attached hydrogen (secondary N) is 3. The van der Waals surface area contributed by atoms with Gasteiger partial charge in [0.15, 0.2) is 0 Å². The number of unbranched alkanes of at least 4 members (excludes halogenated alkanes) is 6. The first-order valence-electron chi connectivity index (χ1n) is 17.6. The van der Waals surface area contributed by atoms with Crippen molar-refractivity contribution in [1.29, 1.82) is 0 Å². The zero-order valence-corrected chi connectivity index (χ0v) is 28.9. The van der Waals surface area contributed by atoms with Gasteiger partial charge in [0, 0.05) is 18.5 Å². The van der Waals surface area contributed by atoms with Crippen molar-refractivity contribution >= 4 is 24.8 Å². The van der Waals surface area contributed by atoms with Crippen LogP contribution in [0, 0.1) is 30.1 Å². The molecule has 1 aromatic carbocycles. The third kappa shape index (κ3) is 8.71. The molecular formula is C36H58BN3O5. The molecule has 4 aliphatic rings. The van der Waals surface area contributed by atoms with E-state index in [1.54, 1.807) is 12.1 Å². The van der Waals surface area contributed by atoms with Crippen LogP contribution in [0.3, 0.4) is 0 Å². The van der Waals surface area contributed by atoms with Gasteiger partial charge in [-0.1, -0.05) is 90.8 Å². The van der Waals surface area contributed by atoms with Crippen LogP contribution in [0.5, 0.6) is 0 Å². The lowest BCUT2D eigenvalue weighted by Crippen LogP contribution is -2.65. The average Bonchev–Trinajstić information content (AvgIpc) is 3.35. The van der Waals surface area contributed by atoms with Gasteiger partial charge in [0.2, 0.25) is 11.8 Å². The molecule has 1 aliphatic heterocycles. The molecule has 4 fully saturated rings. The molecule has 0 radical (unpaired) electrons. The molecule has 3 aliphatic carbocycles. The summed E-state index contributed by atoms with van der Waals surface area (Å²) in [5.74, 6) is 0.162. The Morgan fingerprint density at radius 3 is 2.27 bits per heavy atom. The Morgan fingerprint density at radius 1 is 0.956 bits per heavy atom. The Labute approximate surface area is 272 Å². The van der Waals surface area contributed by atoms with E-state index in [-0.39, 0.29) is 53.2 Å². The van der Waals surface area contributed by atoms with Gasteiger partial charge in [0.05, 0.1) is 17.6 Å². The maximum atomic E-state index is 13.9. The molecule has 3 N–H and O–H groups in total. The SMILES string of the molecule is CCCCCCCCCC(=O)N[C@@H](CNC(=O)c1ccc(C)cc1)C(=O)N[C@@H](CC(C)C)B1O[C@@H]2C[C@@H]3C[C@@H](C3(C)C)[C@]2(C)O1. The Hall–Kier alpha value is -2.39. The van der Waals surface area contributed by atoms with E-state index in [4.69, 9.17) is 9.31 Å². The van der Waals surface area contributed by atoms with Crippen LogP contribution in [-0.2, 0) is 18.9 Å². The minimum absolute atomic E-state index is 0.0112. The van der Waals surface area contributed by atoms with Crippen LogP contribution in [0.1, 0.15) is 128 Å². The van der Waals surface area contributed by atoms with Crippen LogP contribution >= 0.6 is 0 Å². The smallest absolute Gasteiger partial charge is 0.404 e. The number of rotatable bonds is 17. The summed E-state index contributed by atoms with van der Waals surface area (Å²) in [6.45, 7) is 15.2. The molecule has 0 spiro atoms. The number of hydrogen-bond acceptors (Lipinski definition) is 5. The molecule has 0 aromatic heterocycles. The van der Waals surface area contributed by atoms with Crippen LogP contribution < -0.4 is 16.0 Å². The number of amides is 3. The van der Waals surface area contributed by atoms with E-state index >= 15 is 0 Å². The van der Waals surface area contributed by atoms with Crippen LogP contribution in [0.15, 0.2) is 24.3 Å². The van der Waals surface area contributed by atoms with Crippen LogP contribution in [-0.4, -0.2) is 55.1 Å². The van der Waals surface area contributed by atoms with Crippen molar-refractivity contribution in [3.8, 4) is 0 Å². The fraction of sp³-hybridized carbons (Fsp3) is 0.750. The van der Waals surface area contributed by atoms with Crippen molar-refractivity contribution in [1.82, 2.24) is 16.0 Å². The van der Waals surface area contributed by atoms with Crippen molar-refractivity contribution in [3.05, 3.63) is 35.4 Å². The molecule has 8 nitrogen and oxygen atoms in total. The lowest BCUT2D eigenvalue weighted by Gasteiger charge is -2.64. The van der Waals surface area contributed by atoms with Gasteiger partial charge in [-0.3, -0.25) is 14.4 Å². The highest BCUT2D eigenvalue weighted by Gasteiger charge is 2.68. The third-order valence-electron chi connectivity index (χ3n) is 10.8. The van der Waals surface area contributed by atoms with Gasteiger partial charge in [0.1, 0.15) is 6.04 Å². The number of hydrogen-bond donors (Lipinski definition) is 3. The van der Waals surface area contributed by atoms with Gasteiger partial charge in [-0.15, -0.1) is 0 Å². The lowest BCUT2D eigenvalue weighted by molar-refractivity contribution is -0.199. The molecular weight excluding hydrogens is 565 g/mol. The molecule has 3 saturated carbocycles. The van der Waals surface area contributed by atoms with E-state index in [0.717, 1.165) is 37.7 Å². The first-order chi connectivity index (χ1) is 21.3. The Kier molecular flexibility index (Phi) is 12.2. The van der Waals surface area contributed by atoms with Gasteiger partial charge in [0.25, 0.3) is 5.91 Å². The van der Waals surface area contributed by atoms with E-state index in [1.807, 2.05) is 19.1 Å². The topological polar surface area (TPSA) is 106 Å². The first-order valence-corrected chi connectivity index (χ1v) is 17.6. The van der Waals surface area contributed by atoms with Gasteiger partial charge >= 0.3 is 7.12 Å². The fourth-order valence-electron chi connectivity index (χ4n) is 7.82. The molecule has 45 heavy (non-hydrogen) atoms. The number of carbonyl (C=O) groups is 3. The van der Waals surface area contributed by atoms with E-state index in [2.05, 4.69) is 57.5 Å². The average molecular weight is 624 g/mol. The molecule has 2 bridgehead atoms. The zero-order valence-electron chi connectivity index (χ0n) is 28.9. The van der Waals surface area contributed by atoms with Crippen LogP contribution in [0.2, 0.25) is 0 Å². The largest absolute Gasteiger partial charge is 0.481 e. The summed E-state index contributed by atoms with van der Waals surface area (Å²) in [5, 5.41) is 8.99. The van der Waals surface area contributed by atoms with Gasteiger partial charge in [-0.2, -0.15) is 0 Å². The summed E-state index contributed by atoms with van der Waals surface area (Å²) in [6, 6.07) is 6.36. The first kappa shape index (κ1) is 35.5. The molecule has 250 valence electrons. The van der Waals surface area contributed by atoms with Crippen molar-refractivity contribution in [2.24, 2.45) is 23.2 Å². The summed E-state index contributed by atoms with van der Waals surface area (Å²) in [6.07, 6.45) is 10.9. The predicted molar refractivity (Wildman–Crippen MR) is 180 cm³/mol. The van der Waals surface area contributed by atoms with Gasteiger partial charge in [-0.25, -0.2) is 0 Å². The minimum Gasteiger partial charge on any atom is -0.404 e. The Bertz CT molecular complexity index is 1160. The Balaban J connectivity index is 1.40. The highest BCUT2D eigenvalue weighted by atomic mass is 16.7. The van der Waals surface area contributed by atoms with E-state index in [1.165, 1.54) is 25.7 Å². The second kappa shape index (κ2) is 15.5.